The molecule has 0 bridgehead atoms. The molecule has 0 aliphatic carbocycles. The smallest absolute Gasteiger partial charge is 0.462 e. The first-order valence-electron chi connectivity index (χ1n) is 8.58. The number of esters is 1. The SMILES string of the molecule is C=CC[SiH2]O[Si](CCCOC(=O)C(=C)C)(O[SiH2]CC=C)O[SiH2]CC=C. The van der Waals surface area contributed by atoms with Gasteiger partial charge in [0, 0.05) is 11.6 Å². The van der Waals surface area contributed by atoms with Gasteiger partial charge < -0.3 is 17.1 Å². The highest BCUT2D eigenvalue weighted by Gasteiger charge is 2.38. The number of hydrogen-bond donors (Lipinski definition) is 0. The van der Waals surface area contributed by atoms with E-state index in [2.05, 4.69) is 26.3 Å². The summed E-state index contributed by atoms with van der Waals surface area (Å²) in [5.74, 6) is -0.363. The number of rotatable bonds is 17. The van der Waals surface area contributed by atoms with Crippen molar-refractivity contribution >= 4 is 44.1 Å². The molecule has 0 heterocycles. The number of hydrogen-bond acceptors (Lipinski definition) is 5. The van der Waals surface area contributed by atoms with Crippen LogP contribution in [0.15, 0.2) is 50.1 Å². The lowest BCUT2D eigenvalue weighted by atomic mass is 10.4. The van der Waals surface area contributed by atoms with E-state index in [0.717, 1.165) is 18.1 Å². The minimum Gasteiger partial charge on any atom is -0.462 e. The summed E-state index contributed by atoms with van der Waals surface area (Å²) in [7, 11) is -4.96. The molecule has 0 saturated heterocycles. The zero-order chi connectivity index (χ0) is 19.0. The first-order chi connectivity index (χ1) is 12.0. The molecule has 0 radical (unpaired) electrons. The van der Waals surface area contributed by atoms with Crippen molar-refractivity contribution in [2.75, 3.05) is 6.61 Å². The van der Waals surface area contributed by atoms with Crippen LogP contribution in [0.3, 0.4) is 0 Å². The van der Waals surface area contributed by atoms with Crippen molar-refractivity contribution in [1.29, 1.82) is 0 Å². The van der Waals surface area contributed by atoms with Crippen molar-refractivity contribution < 1.29 is 21.9 Å². The first-order valence-corrected chi connectivity index (χ1v) is 15.2. The van der Waals surface area contributed by atoms with Gasteiger partial charge in [-0.25, -0.2) is 4.79 Å². The largest absolute Gasteiger partial charge is 0.468 e. The van der Waals surface area contributed by atoms with Gasteiger partial charge in [-0.1, -0.05) is 24.8 Å². The molecule has 0 aliphatic heterocycles. The van der Waals surface area contributed by atoms with Crippen LogP contribution in [0, 0.1) is 0 Å². The number of carbonyl (C=O) groups is 1. The van der Waals surface area contributed by atoms with Gasteiger partial charge in [0.2, 0.25) is 0 Å². The molecule has 0 aromatic carbocycles. The van der Waals surface area contributed by atoms with Gasteiger partial charge in [-0.2, -0.15) is 0 Å². The number of ether oxygens (including phenoxy) is 1. The topological polar surface area (TPSA) is 54.0 Å². The Labute approximate surface area is 160 Å². The molecule has 0 atom stereocenters. The van der Waals surface area contributed by atoms with Gasteiger partial charge in [0.15, 0.2) is 29.3 Å². The Morgan fingerprint density at radius 1 is 0.960 bits per heavy atom. The molecule has 5 nitrogen and oxygen atoms in total. The molecule has 25 heavy (non-hydrogen) atoms. The van der Waals surface area contributed by atoms with E-state index in [9.17, 15) is 4.79 Å². The Morgan fingerprint density at radius 3 is 1.76 bits per heavy atom. The Kier molecular flexibility index (Phi) is 14.9. The second-order valence-corrected chi connectivity index (χ2v) is 13.8. The molecular weight excluding hydrogens is 385 g/mol. The average molecular weight is 417 g/mol. The van der Waals surface area contributed by atoms with E-state index in [4.69, 9.17) is 17.1 Å². The Balaban J connectivity index is 4.76. The molecular formula is C16H32O5Si4. The van der Waals surface area contributed by atoms with Gasteiger partial charge in [-0.05, 0) is 31.5 Å². The first kappa shape index (κ1) is 24.2. The lowest BCUT2D eigenvalue weighted by Gasteiger charge is -2.31. The van der Waals surface area contributed by atoms with Gasteiger partial charge >= 0.3 is 14.8 Å². The minimum absolute atomic E-state index is 0.325. The molecule has 142 valence electrons. The van der Waals surface area contributed by atoms with Gasteiger partial charge in [0.25, 0.3) is 0 Å². The molecule has 0 saturated carbocycles. The third-order valence-electron chi connectivity index (χ3n) is 3.14. The van der Waals surface area contributed by atoms with Crippen molar-refractivity contribution in [3.8, 4) is 0 Å². The van der Waals surface area contributed by atoms with E-state index in [-0.39, 0.29) is 5.97 Å². The monoisotopic (exact) mass is 416 g/mol. The van der Waals surface area contributed by atoms with Crippen LogP contribution in [-0.4, -0.2) is 50.7 Å². The summed E-state index contributed by atoms with van der Waals surface area (Å²) in [5.41, 5.74) is 0.405. The maximum Gasteiger partial charge on any atom is 0.468 e. The lowest BCUT2D eigenvalue weighted by molar-refractivity contribution is -0.138. The van der Waals surface area contributed by atoms with Gasteiger partial charge in [-0.15, -0.1) is 19.7 Å². The predicted octanol–water partition coefficient (Wildman–Crippen LogP) is 1.55. The van der Waals surface area contributed by atoms with Crippen LogP contribution in [-0.2, 0) is 21.9 Å². The van der Waals surface area contributed by atoms with Crippen LogP contribution < -0.4 is 0 Å². The maximum atomic E-state index is 11.5. The van der Waals surface area contributed by atoms with Crippen LogP contribution in [0.2, 0.25) is 24.2 Å². The van der Waals surface area contributed by atoms with Crippen LogP contribution in [0.4, 0.5) is 0 Å². The molecule has 0 N–H and O–H groups in total. The van der Waals surface area contributed by atoms with Crippen LogP contribution in [0.25, 0.3) is 0 Å². The maximum absolute atomic E-state index is 11.5. The quantitative estimate of drug-likeness (QED) is 0.118. The van der Waals surface area contributed by atoms with Crippen LogP contribution in [0.1, 0.15) is 13.3 Å². The number of carbonyl (C=O) groups excluding carboxylic acids is 1. The second kappa shape index (κ2) is 15.4. The lowest BCUT2D eigenvalue weighted by Crippen LogP contribution is -2.48. The van der Waals surface area contributed by atoms with Gasteiger partial charge in [0.05, 0.1) is 6.61 Å². The van der Waals surface area contributed by atoms with Crippen molar-refractivity contribution in [3.63, 3.8) is 0 Å². The summed E-state index contributed by atoms with van der Waals surface area (Å²) in [4.78, 5) is 11.5. The van der Waals surface area contributed by atoms with Crippen molar-refractivity contribution in [3.05, 3.63) is 50.1 Å². The molecule has 0 aromatic rings. The van der Waals surface area contributed by atoms with Gasteiger partial charge in [0.1, 0.15) is 0 Å². The van der Waals surface area contributed by atoms with E-state index >= 15 is 0 Å². The fraction of sp³-hybridized carbons (Fsp3) is 0.438. The highest BCUT2D eigenvalue weighted by molar-refractivity contribution is 6.73. The van der Waals surface area contributed by atoms with E-state index in [1.54, 1.807) is 6.92 Å². The third kappa shape index (κ3) is 12.2. The molecule has 9 heteroatoms. The molecule has 0 fully saturated rings. The zero-order valence-electron chi connectivity index (χ0n) is 15.5. The third-order valence-corrected chi connectivity index (χ3v) is 13.8. The molecule has 0 spiro atoms. The summed E-state index contributed by atoms with van der Waals surface area (Å²) in [6.07, 6.45) is 6.30. The van der Waals surface area contributed by atoms with Crippen molar-refractivity contribution in [2.45, 2.75) is 37.5 Å². The summed E-state index contributed by atoms with van der Waals surface area (Å²) in [5, 5.41) is 0. The zero-order valence-corrected chi connectivity index (χ0v) is 20.7. The molecule has 0 aromatic heterocycles. The molecule has 0 amide bonds. The normalized spacial score (nSPS) is 14.3. The van der Waals surface area contributed by atoms with Gasteiger partial charge in [-0.3, -0.25) is 0 Å². The molecule has 0 rings (SSSR count). The van der Waals surface area contributed by atoms with Crippen LogP contribution >= 0.6 is 0 Å². The predicted molar refractivity (Wildman–Crippen MR) is 115 cm³/mol. The molecule has 0 unspecified atom stereocenters. The Bertz CT molecular complexity index is 406. The average Bonchev–Trinajstić information content (AvgIpc) is 2.59. The summed E-state index contributed by atoms with van der Waals surface area (Å²) in [6, 6.07) is 3.34. The van der Waals surface area contributed by atoms with E-state index in [1.165, 1.54) is 0 Å². The fourth-order valence-corrected chi connectivity index (χ4v) is 13.0. The highest BCUT2D eigenvalue weighted by atomic mass is 28.5. The van der Waals surface area contributed by atoms with Crippen molar-refractivity contribution in [2.24, 2.45) is 0 Å². The van der Waals surface area contributed by atoms with E-state index in [0.29, 0.717) is 24.6 Å². The Hall–Kier alpha value is -0.822. The van der Waals surface area contributed by atoms with Crippen LogP contribution in [0.5, 0.6) is 0 Å². The fourth-order valence-electron chi connectivity index (χ4n) is 1.81. The van der Waals surface area contributed by atoms with E-state index in [1.807, 2.05) is 18.2 Å². The summed E-state index contributed by atoms with van der Waals surface area (Å²) < 4.78 is 23.8. The second-order valence-electron chi connectivity index (χ2n) is 5.48. The highest BCUT2D eigenvalue weighted by Crippen LogP contribution is 2.18. The molecule has 0 aliphatic rings. The minimum atomic E-state index is -2.68. The van der Waals surface area contributed by atoms with E-state index < -0.39 is 38.1 Å². The standard InChI is InChI=1S/C16H32O5Si4/c1-6-11-22-19-25(20-23-12-7-2,21-24-13-8-3)14-9-10-18-16(17)15(4)5/h6-8H,1-4,9-14,22-24H2,5H3. The summed E-state index contributed by atoms with van der Waals surface area (Å²) >= 11 is 0. The summed E-state index contributed by atoms with van der Waals surface area (Å²) in [6.45, 7) is 16.8. The number of allylic oxidation sites excluding steroid dienone is 3. The Morgan fingerprint density at radius 2 is 1.40 bits per heavy atom. The van der Waals surface area contributed by atoms with Crippen molar-refractivity contribution in [1.82, 2.24) is 0 Å².